The second kappa shape index (κ2) is 9.40. The van der Waals surface area contributed by atoms with Gasteiger partial charge in [0.2, 0.25) is 0 Å². The van der Waals surface area contributed by atoms with Crippen molar-refractivity contribution < 1.29 is 19.4 Å². The number of carbonyl (C=O) groups excluding carboxylic acids is 2. The summed E-state index contributed by atoms with van der Waals surface area (Å²) >= 11 is 1.35. The van der Waals surface area contributed by atoms with Crippen molar-refractivity contribution >= 4 is 44.1 Å². The third kappa shape index (κ3) is 4.37. The summed E-state index contributed by atoms with van der Waals surface area (Å²) in [5.74, 6) is -1.08. The molecule has 7 heteroatoms. The topological polar surface area (TPSA) is 79.7 Å². The summed E-state index contributed by atoms with van der Waals surface area (Å²) in [5, 5.41) is 12.1. The minimum Gasteiger partial charge on any atom is -0.507 e. The smallest absolute Gasteiger partial charge is 0.301 e. The van der Waals surface area contributed by atoms with Gasteiger partial charge in [0.1, 0.15) is 11.5 Å². The molecule has 1 aliphatic rings. The monoisotopic (exact) mass is 526 g/mol. The molecule has 1 unspecified atom stereocenters. The molecule has 0 radical (unpaired) electrons. The van der Waals surface area contributed by atoms with Gasteiger partial charge in [-0.3, -0.25) is 14.5 Å². The number of fused-ring (bicyclic) bond motifs is 1. The van der Waals surface area contributed by atoms with Crippen molar-refractivity contribution in [3.63, 3.8) is 0 Å². The van der Waals surface area contributed by atoms with Gasteiger partial charge in [-0.25, -0.2) is 4.98 Å². The number of Topliss-reactive ketones (excluding diaryl/α,β-unsaturated/α-hetero) is 1. The van der Waals surface area contributed by atoms with Gasteiger partial charge in [-0.15, -0.1) is 0 Å². The lowest BCUT2D eigenvalue weighted by Gasteiger charge is -2.24. The molecule has 1 aliphatic heterocycles. The molecule has 1 saturated heterocycles. The zero-order valence-corrected chi connectivity index (χ0v) is 23.1. The lowest BCUT2D eigenvalue weighted by molar-refractivity contribution is -0.132. The van der Waals surface area contributed by atoms with E-state index in [0.29, 0.717) is 22.0 Å². The van der Waals surface area contributed by atoms with Gasteiger partial charge in [0, 0.05) is 5.56 Å². The highest BCUT2D eigenvalue weighted by Crippen LogP contribution is 2.45. The first kappa shape index (κ1) is 25.7. The minimum atomic E-state index is -0.871. The van der Waals surface area contributed by atoms with E-state index in [9.17, 15) is 14.7 Å². The number of ketones is 1. The predicted molar refractivity (Wildman–Crippen MR) is 152 cm³/mol. The number of aliphatic hydroxyl groups excluding tert-OH is 1. The first-order valence-electron chi connectivity index (χ1n) is 12.4. The van der Waals surface area contributed by atoms with Crippen LogP contribution in [0.4, 0.5) is 5.13 Å². The second-order valence-electron chi connectivity index (χ2n) is 10.7. The van der Waals surface area contributed by atoms with Crippen LogP contribution in [0.15, 0.2) is 66.2 Å². The van der Waals surface area contributed by atoms with Crippen molar-refractivity contribution in [1.82, 2.24) is 4.98 Å². The Hall–Kier alpha value is -3.97. The third-order valence-corrected chi connectivity index (χ3v) is 7.97. The van der Waals surface area contributed by atoms with Crippen LogP contribution >= 0.6 is 11.3 Å². The first-order valence-corrected chi connectivity index (χ1v) is 13.2. The Balaban J connectivity index is 1.76. The molecule has 5 rings (SSSR count). The summed E-state index contributed by atoms with van der Waals surface area (Å²) < 4.78 is 6.36. The van der Waals surface area contributed by atoms with Crippen LogP contribution in [0.25, 0.3) is 16.0 Å². The molecular formula is C31H30N2O4S. The molecule has 2 heterocycles. The van der Waals surface area contributed by atoms with E-state index in [4.69, 9.17) is 9.72 Å². The Morgan fingerprint density at radius 3 is 2.50 bits per heavy atom. The van der Waals surface area contributed by atoms with Crippen LogP contribution in [0, 0.1) is 13.8 Å². The number of aromatic nitrogens is 1. The van der Waals surface area contributed by atoms with Crippen molar-refractivity contribution in [2.75, 3.05) is 12.0 Å². The standard InChI is InChI=1S/C31H30N2O4S/c1-17-10-13-23-24(14-17)38-30(32-23)33-26(19-8-7-9-21(15-19)37-6)25(28(35)29(33)36)27(34)22-16-20(31(3,4)5)12-11-18(22)2/h7-16,26,34H,1-6H3/b27-25+. The number of benzene rings is 3. The van der Waals surface area contributed by atoms with Gasteiger partial charge >= 0.3 is 5.91 Å². The van der Waals surface area contributed by atoms with Crippen molar-refractivity contribution in [3.8, 4) is 5.75 Å². The van der Waals surface area contributed by atoms with Crippen LogP contribution in [0.1, 0.15) is 54.6 Å². The van der Waals surface area contributed by atoms with Gasteiger partial charge in [-0.2, -0.15) is 0 Å². The Morgan fingerprint density at radius 2 is 1.79 bits per heavy atom. The van der Waals surface area contributed by atoms with Gasteiger partial charge in [0.05, 0.1) is 28.9 Å². The Morgan fingerprint density at radius 1 is 1.03 bits per heavy atom. The molecule has 0 bridgehead atoms. The fourth-order valence-electron chi connectivity index (χ4n) is 4.77. The fourth-order valence-corrected chi connectivity index (χ4v) is 5.86. The Bertz CT molecular complexity index is 1630. The van der Waals surface area contributed by atoms with Crippen LogP contribution in [0.3, 0.4) is 0 Å². The van der Waals surface area contributed by atoms with E-state index in [1.807, 2.05) is 62.4 Å². The molecule has 0 aliphatic carbocycles. The zero-order valence-electron chi connectivity index (χ0n) is 22.3. The summed E-state index contributed by atoms with van der Waals surface area (Å²) in [5.41, 5.74) is 4.69. The van der Waals surface area contributed by atoms with Crippen LogP contribution in [0.5, 0.6) is 5.75 Å². The van der Waals surface area contributed by atoms with E-state index in [1.54, 1.807) is 19.2 Å². The largest absolute Gasteiger partial charge is 0.507 e. The number of aryl methyl sites for hydroxylation is 2. The Kier molecular flexibility index (Phi) is 6.35. The summed E-state index contributed by atoms with van der Waals surface area (Å²) in [4.78, 5) is 33.4. The van der Waals surface area contributed by atoms with Crippen molar-refractivity contribution in [2.24, 2.45) is 0 Å². The molecule has 0 spiro atoms. The molecule has 1 amide bonds. The number of thiazole rings is 1. The van der Waals surface area contributed by atoms with Crippen molar-refractivity contribution in [3.05, 3.63) is 94.1 Å². The van der Waals surface area contributed by atoms with Gasteiger partial charge in [-0.05, 0) is 71.8 Å². The highest BCUT2D eigenvalue weighted by molar-refractivity contribution is 7.22. The molecule has 1 aromatic heterocycles. The number of aliphatic hydroxyl groups is 1. The summed E-state index contributed by atoms with van der Waals surface area (Å²) in [6.07, 6.45) is 0. The molecule has 4 aromatic rings. The molecule has 6 nitrogen and oxygen atoms in total. The van der Waals surface area contributed by atoms with E-state index in [0.717, 1.165) is 26.9 Å². The fraction of sp³-hybridized carbons (Fsp3) is 0.258. The molecule has 194 valence electrons. The number of hydrogen-bond donors (Lipinski definition) is 1. The summed E-state index contributed by atoms with van der Waals surface area (Å²) in [7, 11) is 1.56. The lowest BCUT2D eigenvalue weighted by Crippen LogP contribution is -2.29. The van der Waals surface area contributed by atoms with E-state index >= 15 is 0 Å². The molecule has 0 saturated carbocycles. The van der Waals surface area contributed by atoms with E-state index in [2.05, 4.69) is 20.8 Å². The minimum absolute atomic E-state index is 0.0350. The quantitative estimate of drug-likeness (QED) is 0.179. The van der Waals surface area contributed by atoms with Gasteiger partial charge in [-0.1, -0.05) is 62.4 Å². The second-order valence-corrected chi connectivity index (χ2v) is 11.7. The molecule has 3 aromatic carbocycles. The molecule has 38 heavy (non-hydrogen) atoms. The number of nitrogens with zero attached hydrogens (tertiary/aromatic N) is 2. The number of amides is 1. The third-order valence-electron chi connectivity index (χ3n) is 6.95. The average molecular weight is 527 g/mol. The maximum Gasteiger partial charge on any atom is 0.301 e. The van der Waals surface area contributed by atoms with Crippen LogP contribution < -0.4 is 9.64 Å². The van der Waals surface area contributed by atoms with Crippen molar-refractivity contribution in [1.29, 1.82) is 0 Å². The SMILES string of the molecule is COc1cccc(C2/C(=C(\O)c3cc(C(C)(C)C)ccc3C)C(=O)C(=O)N2c2nc3ccc(C)cc3s2)c1. The van der Waals surface area contributed by atoms with Crippen LogP contribution in [0.2, 0.25) is 0 Å². The number of rotatable bonds is 4. The maximum absolute atomic E-state index is 13.6. The van der Waals surface area contributed by atoms with E-state index in [1.165, 1.54) is 16.2 Å². The predicted octanol–water partition coefficient (Wildman–Crippen LogP) is 6.85. The van der Waals surface area contributed by atoms with Gasteiger partial charge in [0.15, 0.2) is 5.13 Å². The first-order chi connectivity index (χ1) is 18.0. The summed E-state index contributed by atoms with van der Waals surface area (Å²) in [6.45, 7) is 10.1. The van der Waals surface area contributed by atoms with Crippen molar-refractivity contribution in [2.45, 2.75) is 46.1 Å². The molecule has 1 N–H and O–H groups in total. The Labute approximate surface area is 226 Å². The highest BCUT2D eigenvalue weighted by Gasteiger charge is 2.48. The number of methoxy groups -OCH3 is 1. The van der Waals surface area contributed by atoms with Gasteiger partial charge < -0.3 is 9.84 Å². The van der Waals surface area contributed by atoms with E-state index in [-0.39, 0.29) is 16.7 Å². The number of ether oxygens (including phenoxy) is 1. The number of anilines is 1. The van der Waals surface area contributed by atoms with Gasteiger partial charge in [0.25, 0.3) is 5.78 Å². The average Bonchev–Trinajstić information content (AvgIpc) is 3.40. The zero-order chi connectivity index (χ0) is 27.4. The normalized spacial score (nSPS) is 17.4. The number of carbonyl (C=O) groups is 2. The van der Waals surface area contributed by atoms with Crippen LogP contribution in [-0.4, -0.2) is 28.9 Å². The summed E-state index contributed by atoms with van der Waals surface area (Å²) in [6, 6.07) is 18.1. The number of hydrogen-bond acceptors (Lipinski definition) is 6. The van der Waals surface area contributed by atoms with E-state index < -0.39 is 17.7 Å². The molecule has 1 atom stereocenters. The molecule has 1 fully saturated rings. The highest BCUT2D eigenvalue weighted by atomic mass is 32.1. The van der Waals surface area contributed by atoms with Crippen LogP contribution in [-0.2, 0) is 15.0 Å². The molecular weight excluding hydrogens is 496 g/mol. The lowest BCUT2D eigenvalue weighted by atomic mass is 9.84. The maximum atomic E-state index is 13.6.